The van der Waals surface area contributed by atoms with Crippen LogP contribution in [0.3, 0.4) is 0 Å². The van der Waals surface area contributed by atoms with Crippen LogP contribution in [0.15, 0.2) is 48.7 Å². The fourth-order valence-electron chi connectivity index (χ4n) is 3.98. The van der Waals surface area contributed by atoms with Crippen molar-refractivity contribution in [3.63, 3.8) is 0 Å². The van der Waals surface area contributed by atoms with Crippen LogP contribution in [-0.4, -0.2) is 55.9 Å². The van der Waals surface area contributed by atoms with E-state index in [1.807, 2.05) is 44.3 Å². The molecule has 9 nitrogen and oxygen atoms in total. The van der Waals surface area contributed by atoms with Crippen molar-refractivity contribution in [2.45, 2.75) is 26.4 Å². The Bertz CT molecular complexity index is 1240. The van der Waals surface area contributed by atoms with Crippen molar-refractivity contribution >= 4 is 23.3 Å². The Labute approximate surface area is 210 Å². The molecule has 0 saturated carbocycles. The molecule has 0 aliphatic carbocycles. The smallest absolute Gasteiger partial charge is 0.323 e. The fourth-order valence-corrected chi connectivity index (χ4v) is 3.98. The van der Waals surface area contributed by atoms with Crippen molar-refractivity contribution in [3.8, 4) is 16.9 Å². The number of nitrogens with one attached hydrogen (secondary N) is 3. The standard InChI is InChI=1S/C27H32N4O5/c1-16-19(8-6-10-21(16)28-3)20-9-7-11-22(17(20)2)31-26(32)23-12-25(36-5)18(13-29-23)14-30-24(15-35-4)27(33)34/h6-13,24,28,30H,14-15H2,1-5H3,(H,31,32)(H,33,34)/t24-/m0/s1. The Morgan fingerprint density at radius 3 is 2.25 bits per heavy atom. The van der Waals surface area contributed by atoms with Crippen molar-refractivity contribution in [2.24, 2.45) is 0 Å². The predicted molar refractivity (Wildman–Crippen MR) is 140 cm³/mol. The van der Waals surface area contributed by atoms with Gasteiger partial charge >= 0.3 is 5.97 Å². The lowest BCUT2D eigenvalue weighted by Gasteiger charge is -2.17. The summed E-state index contributed by atoms with van der Waals surface area (Å²) in [6.07, 6.45) is 1.50. The maximum absolute atomic E-state index is 13.1. The average Bonchev–Trinajstić information content (AvgIpc) is 2.87. The van der Waals surface area contributed by atoms with E-state index in [1.165, 1.54) is 26.5 Å². The Hall–Kier alpha value is -3.95. The van der Waals surface area contributed by atoms with Crippen LogP contribution in [0.25, 0.3) is 11.1 Å². The number of aliphatic carboxylic acids is 1. The molecular formula is C27H32N4O5. The second kappa shape index (κ2) is 12.1. The van der Waals surface area contributed by atoms with E-state index in [-0.39, 0.29) is 24.8 Å². The Kier molecular flexibility index (Phi) is 8.99. The number of pyridine rings is 1. The summed E-state index contributed by atoms with van der Waals surface area (Å²) >= 11 is 0. The topological polar surface area (TPSA) is 122 Å². The van der Waals surface area contributed by atoms with Crippen LogP contribution in [0.2, 0.25) is 0 Å². The maximum Gasteiger partial charge on any atom is 0.323 e. The summed E-state index contributed by atoms with van der Waals surface area (Å²) in [5.41, 5.74) is 6.70. The molecule has 0 bridgehead atoms. The van der Waals surface area contributed by atoms with Crippen LogP contribution in [0.4, 0.5) is 11.4 Å². The van der Waals surface area contributed by atoms with Gasteiger partial charge in [-0.25, -0.2) is 0 Å². The predicted octanol–water partition coefficient (Wildman–Crippen LogP) is 3.86. The molecule has 0 fully saturated rings. The minimum Gasteiger partial charge on any atom is -0.496 e. The van der Waals surface area contributed by atoms with Gasteiger partial charge in [0.2, 0.25) is 0 Å². The number of carboxylic acids is 1. The monoisotopic (exact) mass is 492 g/mol. The van der Waals surface area contributed by atoms with Gasteiger partial charge in [-0.3, -0.25) is 19.9 Å². The van der Waals surface area contributed by atoms with Crippen LogP contribution in [0.1, 0.15) is 27.2 Å². The number of hydrogen-bond acceptors (Lipinski definition) is 7. The zero-order chi connectivity index (χ0) is 26.2. The summed E-state index contributed by atoms with van der Waals surface area (Å²) in [4.78, 5) is 28.7. The molecule has 0 spiro atoms. The Morgan fingerprint density at radius 2 is 1.67 bits per heavy atom. The van der Waals surface area contributed by atoms with Crippen molar-refractivity contribution in [1.29, 1.82) is 0 Å². The summed E-state index contributed by atoms with van der Waals surface area (Å²) in [5, 5.41) is 18.3. The van der Waals surface area contributed by atoms with E-state index in [0.717, 1.165) is 27.9 Å². The lowest BCUT2D eigenvalue weighted by Crippen LogP contribution is -2.39. The van der Waals surface area contributed by atoms with Crippen molar-refractivity contribution in [2.75, 3.05) is 38.5 Å². The molecule has 0 saturated heterocycles. The summed E-state index contributed by atoms with van der Waals surface area (Å²) in [7, 11) is 4.81. The molecule has 1 atom stereocenters. The number of anilines is 2. The van der Waals surface area contributed by atoms with E-state index in [9.17, 15) is 14.7 Å². The molecule has 0 aliphatic rings. The number of carbonyl (C=O) groups excluding carboxylic acids is 1. The number of aromatic nitrogens is 1. The number of rotatable bonds is 11. The number of benzene rings is 2. The summed E-state index contributed by atoms with van der Waals surface area (Å²) in [6.45, 7) is 4.23. The zero-order valence-corrected chi connectivity index (χ0v) is 21.1. The van der Waals surface area contributed by atoms with Crippen LogP contribution in [-0.2, 0) is 16.1 Å². The molecule has 36 heavy (non-hydrogen) atoms. The first-order valence-corrected chi connectivity index (χ1v) is 11.5. The van der Waals surface area contributed by atoms with E-state index >= 15 is 0 Å². The van der Waals surface area contributed by atoms with Crippen LogP contribution in [0, 0.1) is 13.8 Å². The highest BCUT2D eigenvalue weighted by Gasteiger charge is 2.19. The highest BCUT2D eigenvalue weighted by molar-refractivity contribution is 6.04. The molecule has 4 N–H and O–H groups in total. The largest absolute Gasteiger partial charge is 0.496 e. The van der Waals surface area contributed by atoms with E-state index in [4.69, 9.17) is 9.47 Å². The minimum atomic E-state index is -1.02. The normalized spacial score (nSPS) is 11.6. The molecular weight excluding hydrogens is 460 g/mol. The Balaban J connectivity index is 1.81. The lowest BCUT2D eigenvalue weighted by atomic mass is 9.94. The third-order valence-corrected chi connectivity index (χ3v) is 6.04. The quantitative estimate of drug-likeness (QED) is 0.318. The molecule has 0 radical (unpaired) electrons. The first-order valence-electron chi connectivity index (χ1n) is 11.5. The third-order valence-electron chi connectivity index (χ3n) is 6.04. The van der Waals surface area contributed by atoms with Gasteiger partial charge in [0.05, 0.1) is 13.7 Å². The fraction of sp³-hybridized carbons (Fsp3) is 0.296. The molecule has 0 unspecified atom stereocenters. The van der Waals surface area contributed by atoms with Crippen LogP contribution in [0.5, 0.6) is 5.75 Å². The van der Waals surface area contributed by atoms with Crippen molar-refractivity contribution in [3.05, 3.63) is 71.0 Å². The number of carbonyl (C=O) groups is 2. The van der Waals surface area contributed by atoms with Crippen LogP contribution < -0.4 is 20.7 Å². The van der Waals surface area contributed by atoms with Gasteiger partial charge in [-0.1, -0.05) is 24.3 Å². The number of carboxylic acid groups (broad SMARTS) is 1. The van der Waals surface area contributed by atoms with E-state index < -0.39 is 12.0 Å². The summed E-state index contributed by atoms with van der Waals surface area (Å²) < 4.78 is 10.4. The van der Waals surface area contributed by atoms with Gasteiger partial charge in [-0.05, 0) is 48.2 Å². The van der Waals surface area contributed by atoms with Gasteiger partial charge in [-0.2, -0.15) is 0 Å². The molecule has 3 aromatic rings. The number of methoxy groups -OCH3 is 2. The van der Waals surface area contributed by atoms with E-state index in [1.54, 1.807) is 0 Å². The molecule has 1 aromatic heterocycles. The number of amides is 1. The van der Waals surface area contributed by atoms with Gasteiger partial charge in [0.15, 0.2) is 0 Å². The molecule has 1 heterocycles. The molecule has 0 aliphatic heterocycles. The Morgan fingerprint density at radius 1 is 1.03 bits per heavy atom. The summed E-state index contributed by atoms with van der Waals surface area (Å²) in [5.74, 6) is -0.976. The zero-order valence-electron chi connectivity index (χ0n) is 21.1. The van der Waals surface area contributed by atoms with Gasteiger partial charge in [-0.15, -0.1) is 0 Å². The molecule has 2 aromatic carbocycles. The van der Waals surface area contributed by atoms with E-state index in [0.29, 0.717) is 17.0 Å². The molecule has 9 heteroatoms. The van der Waals surface area contributed by atoms with Gasteiger partial charge in [0, 0.05) is 49.9 Å². The first-order chi connectivity index (χ1) is 17.3. The SMILES string of the molecule is CNc1cccc(-c2cccc(NC(=O)c3cc(OC)c(CN[C@@H](COC)C(=O)O)cn3)c2C)c1C. The van der Waals surface area contributed by atoms with Crippen molar-refractivity contribution < 1.29 is 24.2 Å². The van der Waals surface area contributed by atoms with Gasteiger partial charge < -0.3 is 25.2 Å². The maximum atomic E-state index is 13.1. The number of ether oxygens (including phenoxy) is 2. The van der Waals surface area contributed by atoms with Gasteiger partial charge in [0.1, 0.15) is 17.5 Å². The highest BCUT2D eigenvalue weighted by Crippen LogP contribution is 2.33. The second-order valence-electron chi connectivity index (χ2n) is 8.27. The number of nitrogens with zero attached hydrogens (tertiary/aromatic N) is 1. The molecule has 190 valence electrons. The van der Waals surface area contributed by atoms with E-state index in [2.05, 4.69) is 33.9 Å². The molecule has 1 amide bonds. The number of hydrogen-bond donors (Lipinski definition) is 4. The van der Waals surface area contributed by atoms with Crippen molar-refractivity contribution in [1.82, 2.24) is 10.3 Å². The van der Waals surface area contributed by atoms with Gasteiger partial charge in [0.25, 0.3) is 5.91 Å². The highest BCUT2D eigenvalue weighted by atomic mass is 16.5. The second-order valence-corrected chi connectivity index (χ2v) is 8.27. The third kappa shape index (κ3) is 5.99. The summed E-state index contributed by atoms with van der Waals surface area (Å²) in [6, 6.07) is 12.5. The minimum absolute atomic E-state index is 0.0166. The van der Waals surface area contributed by atoms with Crippen LogP contribution >= 0.6 is 0 Å². The lowest BCUT2D eigenvalue weighted by molar-refractivity contribution is -0.140. The molecule has 3 rings (SSSR count). The first kappa shape index (κ1) is 26.7. The average molecular weight is 493 g/mol.